The summed E-state index contributed by atoms with van der Waals surface area (Å²) in [6, 6.07) is 15.7. The third kappa shape index (κ3) is 2.39. The molecule has 0 aliphatic heterocycles. The van der Waals surface area contributed by atoms with Gasteiger partial charge in [0.2, 0.25) is 0 Å². The number of nitrogens with one attached hydrogen (secondary N) is 1. The van der Waals surface area contributed by atoms with Gasteiger partial charge in [0, 0.05) is 22.8 Å². The van der Waals surface area contributed by atoms with E-state index in [2.05, 4.69) is 16.5 Å². The zero-order valence-corrected chi connectivity index (χ0v) is 11.5. The summed E-state index contributed by atoms with van der Waals surface area (Å²) in [7, 11) is 0. The van der Waals surface area contributed by atoms with Crippen molar-refractivity contribution in [2.45, 2.75) is 6.04 Å². The number of hydrazine groups is 1. The highest BCUT2D eigenvalue weighted by Gasteiger charge is 2.14. The summed E-state index contributed by atoms with van der Waals surface area (Å²) in [5.74, 6) is 5.77. The summed E-state index contributed by atoms with van der Waals surface area (Å²) in [6.45, 7) is 0. The minimum absolute atomic E-state index is 0.0848. The molecule has 2 aromatic carbocycles. The second-order valence-electron chi connectivity index (χ2n) is 4.60. The number of rotatable bonds is 3. The van der Waals surface area contributed by atoms with Gasteiger partial charge < -0.3 is 0 Å². The van der Waals surface area contributed by atoms with E-state index in [9.17, 15) is 0 Å². The van der Waals surface area contributed by atoms with Gasteiger partial charge in [-0.05, 0) is 34.7 Å². The zero-order chi connectivity index (χ0) is 13.9. The number of hydrogen-bond acceptors (Lipinski definition) is 3. The van der Waals surface area contributed by atoms with Crippen LogP contribution in [0.3, 0.4) is 0 Å². The summed E-state index contributed by atoms with van der Waals surface area (Å²) in [5.41, 5.74) is 5.07. The van der Waals surface area contributed by atoms with Gasteiger partial charge in [-0.3, -0.25) is 10.8 Å². The number of benzene rings is 2. The molecule has 0 amide bonds. The lowest BCUT2D eigenvalue weighted by Gasteiger charge is -2.19. The fourth-order valence-electron chi connectivity index (χ4n) is 2.42. The Kier molecular flexibility index (Phi) is 3.65. The molecule has 0 radical (unpaired) electrons. The van der Waals surface area contributed by atoms with Crippen LogP contribution in [0.5, 0.6) is 0 Å². The molecule has 1 heterocycles. The molecule has 1 aromatic heterocycles. The summed E-state index contributed by atoms with van der Waals surface area (Å²) in [4.78, 5) is 4.15. The molecule has 0 bridgehead atoms. The lowest BCUT2D eigenvalue weighted by Crippen LogP contribution is -2.28. The van der Waals surface area contributed by atoms with Crippen LogP contribution in [0, 0.1) is 0 Å². The van der Waals surface area contributed by atoms with Crippen LogP contribution in [0.15, 0.2) is 60.9 Å². The van der Waals surface area contributed by atoms with Gasteiger partial charge in [0.15, 0.2) is 0 Å². The molecule has 0 spiro atoms. The molecule has 1 unspecified atom stereocenters. The first-order chi connectivity index (χ1) is 9.79. The molecule has 3 nitrogen and oxygen atoms in total. The fraction of sp³-hybridized carbons (Fsp3) is 0.0625. The van der Waals surface area contributed by atoms with Crippen LogP contribution in [0.25, 0.3) is 10.8 Å². The largest absolute Gasteiger partial charge is 0.271 e. The number of fused-ring (bicyclic) bond motifs is 1. The van der Waals surface area contributed by atoms with E-state index in [0.717, 1.165) is 21.9 Å². The summed E-state index contributed by atoms with van der Waals surface area (Å²) in [5, 5.41) is 2.95. The Hall–Kier alpha value is -1.94. The van der Waals surface area contributed by atoms with E-state index in [4.69, 9.17) is 17.4 Å². The number of aromatic nitrogens is 1. The zero-order valence-electron chi connectivity index (χ0n) is 10.8. The van der Waals surface area contributed by atoms with E-state index >= 15 is 0 Å². The van der Waals surface area contributed by atoms with Gasteiger partial charge in [0.05, 0.1) is 6.04 Å². The average Bonchev–Trinajstić information content (AvgIpc) is 2.50. The number of hydrogen-bond donors (Lipinski definition) is 2. The standard InChI is InChI=1S/C16H14ClN3/c17-13-6-4-11(5-7-13)16(20-18)15-3-1-2-12-10-19-9-8-14(12)15/h1-10,16,20H,18H2. The quantitative estimate of drug-likeness (QED) is 0.572. The lowest BCUT2D eigenvalue weighted by molar-refractivity contribution is 0.641. The Balaban J connectivity index is 2.14. The van der Waals surface area contributed by atoms with Gasteiger partial charge in [0.25, 0.3) is 0 Å². The molecule has 0 aliphatic carbocycles. The Morgan fingerprint density at radius 2 is 1.85 bits per heavy atom. The molecule has 3 rings (SSSR count). The first-order valence-corrected chi connectivity index (χ1v) is 6.71. The molecular formula is C16H14ClN3. The predicted octanol–water partition coefficient (Wildman–Crippen LogP) is 3.44. The van der Waals surface area contributed by atoms with Crippen molar-refractivity contribution in [3.05, 3.63) is 77.1 Å². The topological polar surface area (TPSA) is 50.9 Å². The van der Waals surface area contributed by atoms with Crippen LogP contribution in [0.1, 0.15) is 17.2 Å². The second-order valence-corrected chi connectivity index (χ2v) is 5.03. The van der Waals surface area contributed by atoms with Crippen molar-refractivity contribution in [1.82, 2.24) is 10.4 Å². The molecule has 3 N–H and O–H groups in total. The third-order valence-electron chi connectivity index (χ3n) is 3.40. The highest BCUT2D eigenvalue weighted by Crippen LogP contribution is 2.28. The Bertz CT molecular complexity index is 720. The lowest BCUT2D eigenvalue weighted by atomic mass is 9.95. The van der Waals surface area contributed by atoms with Crippen molar-refractivity contribution >= 4 is 22.4 Å². The second kappa shape index (κ2) is 5.59. The summed E-state index contributed by atoms with van der Waals surface area (Å²) in [6.07, 6.45) is 3.65. The number of halogens is 1. The molecule has 4 heteroatoms. The molecule has 20 heavy (non-hydrogen) atoms. The van der Waals surface area contributed by atoms with Crippen LogP contribution in [-0.4, -0.2) is 4.98 Å². The predicted molar refractivity (Wildman–Crippen MR) is 82.4 cm³/mol. The number of pyridine rings is 1. The maximum absolute atomic E-state index is 5.94. The first kappa shape index (κ1) is 13.1. The number of nitrogens with zero attached hydrogens (tertiary/aromatic N) is 1. The van der Waals surface area contributed by atoms with Crippen LogP contribution < -0.4 is 11.3 Å². The maximum Gasteiger partial charge on any atom is 0.0716 e. The van der Waals surface area contributed by atoms with Crippen LogP contribution >= 0.6 is 11.6 Å². The van der Waals surface area contributed by atoms with Gasteiger partial charge in [0.1, 0.15) is 0 Å². The SMILES string of the molecule is NNC(c1ccc(Cl)cc1)c1cccc2cnccc12. The third-order valence-corrected chi connectivity index (χ3v) is 3.65. The normalized spacial score (nSPS) is 12.5. The summed E-state index contributed by atoms with van der Waals surface area (Å²) < 4.78 is 0. The van der Waals surface area contributed by atoms with Crippen molar-refractivity contribution in [2.75, 3.05) is 0 Å². The van der Waals surface area contributed by atoms with Gasteiger partial charge >= 0.3 is 0 Å². The summed E-state index contributed by atoms with van der Waals surface area (Å²) >= 11 is 5.94. The van der Waals surface area contributed by atoms with Gasteiger partial charge in [-0.15, -0.1) is 0 Å². The molecule has 100 valence electrons. The van der Waals surface area contributed by atoms with Crippen molar-refractivity contribution in [3.8, 4) is 0 Å². The van der Waals surface area contributed by atoms with E-state index in [1.165, 1.54) is 0 Å². The van der Waals surface area contributed by atoms with Crippen LogP contribution in [-0.2, 0) is 0 Å². The first-order valence-electron chi connectivity index (χ1n) is 6.34. The van der Waals surface area contributed by atoms with E-state index in [1.54, 1.807) is 6.20 Å². The van der Waals surface area contributed by atoms with E-state index < -0.39 is 0 Å². The minimum atomic E-state index is -0.0848. The monoisotopic (exact) mass is 283 g/mol. The van der Waals surface area contributed by atoms with Crippen molar-refractivity contribution < 1.29 is 0 Å². The van der Waals surface area contributed by atoms with E-state index in [0.29, 0.717) is 5.02 Å². The minimum Gasteiger partial charge on any atom is -0.271 e. The molecule has 1 atom stereocenters. The van der Waals surface area contributed by atoms with Gasteiger partial charge in [-0.25, -0.2) is 5.43 Å². The van der Waals surface area contributed by atoms with Crippen LogP contribution in [0.4, 0.5) is 0 Å². The van der Waals surface area contributed by atoms with Gasteiger partial charge in [-0.1, -0.05) is 41.9 Å². The smallest absolute Gasteiger partial charge is 0.0716 e. The Morgan fingerprint density at radius 1 is 1.05 bits per heavy atom. The Morgan fingerprint density at radius 3 is 2.60 bits per heavy atom. The molecular weight excluding hydrogens is 270 g/mol. The molecule has 0 fully saturated rings. The molecule has 0 aliphatic rings. The van der Waals surface area contributed by atoms with Crippen molar-refractivity contribution in [3.63, 3.8) is 0 Å². The fourth-order valence-corrected chi connectivity index (χ4v) is 2.55. The molecule has 3 aromatic rings. The van der Waals surface area contributed by atoms with Crippen molar-refractivity contribution in [1.29, 1.82) is 0 Å². The Labute approximate surface area is 122 Å². The number of nitrogens with two attached hydrogens (primary N) is 1. The highest BCUT2D eigenvalue weighted by molar-refractivity contribution is 6.30. The van der Waals surface area contributed by atoms with E-state index in [1.807, 2.05) is 48.7 Å². The highest BCUT2D eigenvalue weighted by atomic mass is 35.5. The molecule has 0 saturated carbocycles. The average molecular weight is 284 g/mol. The van der Waals surface area contributed by atoms with Gasteiger partial charge in [-0.2, -0.15) is 0 Å². The molecule has 0 saturated heterocycles. The van der Waals surface area contributed by atoms with E-state index in [-0.39, 0.29) is 6.04 Å². The van der Waals surface area contributed by atoms with Crippen LogP contribution in [0.2, 0.25) is 5.02 Å². The maximum atomic E-state index is 5.94. The van der Waals surface area contributed by atoms with Crippen molar-refractivity contribution in [2.24, 2.45) is 5.84 Å².